The largest absolute Gasteiger partial charge is 0.345 e. The molecule has 2 rings (SSSR count). The number of nitrogens with zero attached hydrogens (tertiary/aromatic N) is 2. The first-order chi connectivity index (χ1) is 11.0. The number of benzene rings is 1. The standard InChI is InChI=1S/C18H20Cl2N2O/c1-3-14(15-6-7-16(19)17(20)10-15)12-22(2)18(23)9-13-5-4-8-21-11-13/h4-8,10-11,14H,3,9,12H2,1-2H3. The molecule has 1 heterocycles. The van der Waals surface area contributed by atoms with E-state index >= 15 is 0 Å². The fraction of sp³-hybridized carbons (Fsp3) is 0.333. The first-order valence-corrected chi connectivity index (χ1v) is 8.34. The highest BCUT2D eigenvalue weighted by Crippen LogP contribution is 2.28. The van der Waals surface area contributed by atoms with Gasteiger partial charge in [-0.1, -0.05) is 42.3 Å². The predicted octanol–water partition coefficient (Wildman–Crippen LogP) is 4.58. The minimum absolute atomic E-state index is 0.0801. The summed E-state index contributed by atoms with van der Waals surface area (Å²) >= 11 is 12.1. The third kappa shape index (κ3) is 4.95. The highest BCUT2D eigenvalue weighted by atomic mass is 35.5. The predicted molar refractivity (Wildman–Crippen MR) is 95.1 cm³/mol. The summed E-state index contributed by atoms with van der Waals surface area (Å²) in [6.07, 6.45) is 4.71. The first kappa shape index (κ1) is 17.8. The number of likely N-dealkylation sites (N-methyl/N-ethyl adjacent to an activating group) is 1. The average Bonchev–Trinajstić information content (AvgIpc) is 2.56. The summed E-state index contributed by atoms with van der Waals surface area (Å²) in [5.74, 6) is 0.309. The van der Waals surface area contributed by atoms with Crippen molar-refractivity contribution in [2.75, 3.05) is 13.6 Å². The average molecular weight is 351 g/mol. The van der Waals surface area contributed by atoms with Gasteiger partial charge in [0.25, 0.3) is 0 Å². The number of carbonyl (C=O) groups excluding carboxylic acids is 1. The van der Waals surface area contributed by atoms with Crippen LogP contribution in [-0.4, -0.2) is 29.4 Å². The van der Waals surface area contributed by atoms with Crippen molar-refractivity contribution in [1.82, 2.24) is 9.88 Å². The number of aromatic nitrogens is 1. The molecule has 1 aromatic heterocycles. The maximum Gasteiger partial charge on any atom is 0.226 e. The van der Waals surface area contributed by atoms with E-state index in [9.17, 15) is 4.79 Å². The van der Waals surface area contributed by atoms with Gasteiger partial charge in [-0.15, -0.1) is 0 Å². The summed E-state index contributed by atoms with van der Waals surface area (Å²) in [5, 5.41) is 1.10. The van der Waals surface area contributed by atoms with Gasteiger partial charge in [-0.2, -0.15) is 0 Å². The molecule has 23 heavy (non-hydrogen) atoms. The fourth-order valence-corrected chi connectivity index (χ4v) is 2.79. The molecule has 0 fully saturated rings. The second kappa shape index (κ2) is 8.32. The summed E-state index contributed by atoms with van der Waals surface area (Å²) in [4.78, 5) is 18.2. The van der Waals surface area contributed by atoms with E-state index in [1.807, 2.05) is 31.3 Å². The molecule has 0 aliphatic rings. The Labute approximate surface area is 147 Å². The Balaban J connectivity index is 2.02. The van der Waals surface area contributed by atoms with Crippen LogP contribution in [-0.2, 0) is 11.2 Å². The number of hydrogen-bond acceptors (Lipinski definition) is 2. The first-order valence-electron chi connectivity index (χ1n) is 7.59. The second-order valence-electron chi connectivity index (χ2n) is 5.59. The van der Waals surface area contributed by atoms with Crippen LogP contribution in [0.15, 0.2) is 42.7 Å². The lowest BCUT2D eigenvalue weighted by Gasteiger charge is -2.24. The fourth-order valence-electron chi connectivity index (χ4n) is 2.48. The SMILES string of the molecule is CCC(CN(C)C(=O)Cc1cccnc1)c1ccc(Cl)c(Cl)c1. The Bertz CT molecular complexity index is 661. The minimum atomic E-state index is 0.0801. The van der Waals surface area contributed by atoms with Crippen molar-refractivity contribution in [3.63, 3.8) is 0 Å². The van der Waals surface area contributed by atoms with E-state index in [2.05, 4.69) is 11.9 Å². The highest BCUT2D eigenvalue weighted by molar-refractivity contribution is 6.42. The lowest BCUT2D eigenvalue weighted by molar-refractivity contribution is -0.129. The molecule has 0 N–H and O–H groups in total. The quantitative estimate of drug-likeness (QED) is 0.763. The highest BCUT2D eigenvalue weighted by Gasteiger charge is 2.17. The maximum absolute atomic E-state index is 12.4. The topological polar surface area (TPSA) is 33.2 Å². The Morgan fingerprint density at radius 3 is 2.65 bits per heavy atom. The summed E-state index contributed by atoms with van der Waals surface area (Å²) in [5.41, 5.74) is 2.02. The van der Waals surface area contributed by atoms with Gasteiger partial charge >= 0.3 is 0 Å². The van der Waals surface area contributed by atoms with E-state index in [1.165, 1.54) is 0 Å². The Kier molecular flexibility index (Phi) is 6.43. The van der Waals surface area contributed by atoms with Crippen LogP contribution in [0.4, 0.5) is 0 Å². The van der Waals surface area contributed by atoms with E-state index in [0.29, 0.717) is 23.0 Å². The monoisotopic (exact) mass is 350 g/mol. The van der Waals surface area contributed by atoms with E-state index in [4.69, 9.17) is 23.2 Å². The zero-order chi connectivity index (χ0) is 16.8. The zero-order valence-corrected chi connectivity index (χ0v) is 14.8. The Hall–Kier alpha value is -1.58. The lowest BCUT2D eigenvalue weighted by atomic mass is 9.96. The number of amides is 1. The molecule has 1 aromatic carbocycles. The molecule has 0 aliphatic heterocycles. The molecule has 5 heteroatoms. The van der Waals surface area contributed by atoms with Crippen molar-refractivity contribution >= 4 is 29.1 Å². The minimum Gasteiger partial charge on any atom is -0.345 e. The van der Waals surface area contributed by atoms with Crippen molar-refractivity contribution in [2.24, 2.45) is 0 Å². The van der Waals surface area contributed by atoms with Crippen molar-refractivity contribution < 1.29 is 4.79 Å². The van der Waals surface area contributed by atoms with Crippen LogP contribution in [0.25, 0.3) is 0 Å². The van der Waals surface area contributed by atoms with Crippen LogP contribution >= 0.6 is 23.2 Å². The molecule has 1 amide bonds. The number of hydrogen-bond donors (Lipinski definition) is 0. The van der Waals surface area contributed by atoms with Gasteiger partial charge in [0.05, 0.1) is 16.5 Å². The number of halogens is 2. The van der Waals surface area contributed by atoms with E-state index in [1.54, 1.807) is 23.4 Å². The van der Waals surface area contributed by atoms with Gasteiger partial charge in [0.1, 0.15) is 0 Å². The lowest BCUT2D eigenvalue weighted by Crippen LogP contribution is -2.32. The van der Waals surface area contributed by atoms with Gasteiger partial charge < -0.3 is 4.90 Å². The van der Waals surface area contributed by atoms with Crippen LogP contribution in [0.5, 0.6) is 0 Å². The Morgan fingerprint density at radius 1 is 1.26 bits per heavy atom. The van der Waals surface area contributed by atoms with Gasteiger partial charge in [0, 0.05) is 31.9 Å². The molecule has 122 valence electrons. The number of pyridine rings is 1. The van der Waals surface area contributed by atoms with E-state index in [0.717, 1.165) is 17.5 Å². The van der Waals surface area contributed by atoms with E-state index in [-0.39, 0.29) is 11.8 Å². The van der Waals surface area contributed by atoms with Crippen molar-refractivity contribution in [2.45, 2.75) is 25.7 Å². The molecule has 0 spiro atoms. The van der Waals surface area contributed by atoms with Crippen LogP contribution in [0.2, 0.25) is 10.0 Å². The van der Waals surface area contributed by atoms with Crippen molar-refractivity contribution in [3.8, 4) is 0 Å². The van der Waals surface area contributed by atoms with Crippen LogP contribution in [0.1, 0.15) is 30.4 Å². The molecule has 1 atom stereocenters. The molecular formula is C18H20Cl2N2O. The van der Waals surface area contributed by atoms with Gasteiger partial charge in [0.15, 0.2) is 0 Å². The summed E-state index contributed by atoms with van der Waals surface area (Å²) in [6.45, 7) is 2.75. The molecule has 3 nitrogen and oxygen atoms in total. The zero-order valence-electron chi connectivity index (χ0n) is 13.3. The van der Waals surface area contributed by atoms with Crippen LogP contribution < -0.4 is 0 Å². The normalized spacial score (nSPS) is 12.0. The van der Waals surface area contributed by atoms with Gasteiger partial charge in [0.2, 0.25) is 5.91 Å². The van der Waals surface area contributed by atoms with Gasteiger partial charge in [-0.25, -0.2) is 0 Å². The van der Waals surface area contributed by atoms with E-state index < -0.39 is 0 Å². The molecule has 0 saturated carbocycles. The molecule has 0 aliphatic carbocycles. The van der Waals surface area contributed by atoms with Crippen LogP contribution in [0.3, 0.4) is 0 Å². The Morgan fingerprint density at radius 2 is 2.04 bits per heavy atom. The maximum atomic E-state index is 12.4. The summed E-state index contributed by atoms with van der Waals surface area (Å²) in [6, 6.07) is 9.42. The number of rotatable bonds is 6. The molecule has 0 saturated heterocycles. The van der Waals surface area contributed by atoms with Crippen molar-refractivity contribution in [1.29, 1.82) is 0 Å². The van der Waals surface area contributed by atoms with Gasteiger partial charge in [-0.3, -0.25) is 9.78 Å². The van der Waals surface area contributed by atoms with Gasteiger partial charge in [-0.05, 0) is 35.7 Å². The smallest absolute Gasteiger partial charge is 0.226 e. The second-order valence-corrected chi connectivity index (χ2v) is 6.41. The number of carbonyl (C=O) groups is 1. The molecule has 0 radical (unpaired) electrons. The summed E-state index contributed by atoms with van der Waals surface area (Å²) < 4.78 is 0. The third-order valence-electron chi connectivity index (χ3n) is 3.91. The molecule has 1 unspecified atom stereocenters. The summed E-state index contributed by atoms with van der Waals surface area (Å²) in [7, 11) is 1.83. The molecule has 0 bridgehead atoms. The van der Waals surface area contributed by atoms with Crippen molar-refractivity contribution in [3.05, 3.63) is 63.9 Å². The molecule has 2 aromatic rings. The third-order valence-corrected chi connectivity index (χ3v) is 4.65. The molecular weight excluding hydrogens is 331 g/mol. The van der Waals surface area contributed by atoms with Crippen LogP contribution in [0, 0.1) is 0 Å².